The van der Waals surface area contributed by atoms with Crippen molar-refractivity contribution in [3.05, 3.63) is 60.2 Å². The molecule has 0 radical (unpaired) electrons. The fourth-order valence-electron chi connectivity index (χ4n) is 2.19. The number of alkyl carbamates (subject to hydrolysis) is 1. The molecule has 7 nitrogen and oxygen atoms in total. The SMILES string of the molecule is O=C1NC(=O)C(C/C(=N\Oc2cccc(O)c2)c2ccccc2)O1. The molecule has 1 aliphatic rings. The summed E-state index contributed by atoms with van der Waals surface area (Å²) >= 11 is 0. The first-order chi connectivity index (χ1) is 11.6. The number of carbonyl (C=O) groups excluding carboxylic acids is 2. The molecule has 0 saturated carbocycles. The molecule has 0 spiro atoms. The van der Waals surface area contributed by atoms with Gasteiger partial charge in [0.05, 0.1) is 5.71 Å². The smallest absolute Gasteiger partial charge is 0.414 e. The highest BCUT2D eigenvalue weighted by Gasteiger charge is 2.33. The Labute approximate surface area is 137 Å². The molecule has 3 rings (SSSR count). The standard InChI is InChI=1S/C17H14N2O5/c20-12-7-4-8-13(9-12)24-19-14(11-5-2-1-3-6-11)10-15-16(21)18-17(22)23-15/h1-9,15,20H,10H2,(H,18,21,22)/b19-14+. The van der Waals surface area contributed by atoms with Gasteiger partial charge < -0.3 is 14.7 Å². The van der Waals surface area contributed by atoms with E-state index in [2.05, 4.69) is 10.5 Å². The Kier molecular flexibility index (Phi) is 4.42. The molecule has 0 aliphatic carbocycles. The highest BCUT2D eigenvalue weighted by molar-refractivity contribution is 6.06. The predicted octanol–water partition coefficient (Wildman–Crippen LogP) is 2.20. The second-order valence-corrected chi connectivity index (χ2v) is 5.08. The fraction of sp³-hybridized carbons (Fsp3) is 0.118. The zero-order chi connectivity index (χ0) is 16.9. The fourth-order valence-corrected chi connectivity index (χ4v) is 2.19. The van der Waals surface area contributed by atoms with E-state index in [-0.39, 0.29) is 12.2 Å². The van der Waals surface area contributed by atoms with E-state index in [4.69, 9.17) is 9.57 Å². The molecular formula is C17H14N2O5. The average Bonchev–Trinajstić information content (AvgIpc) is 2.89. The van der Waals surface area contributed by atoms with E-state index in [9.17, 15) is 14.7 Å². The third-order valence-corrected chi connectivity index (χ3v) is 3.33. The minimum Gasteiger partial charge on any atom is -0.508 e. The number of hydrogen-bond donors (Lipinski definition) is 2. The quantitative estimate of drug-likeness (QED) is 0.648. The van der Waals surface area contributed by atoms with Crippen LogP contribution >= 0.6 is 0 Å². The van der Waals surface area contributed by atoms with E-state index in [1.165, 1.54) is 12.1 Å². The van der Waals surface area contributed by atoms with Gasteiger partial charge in [0.2, 0.25) is 0 Å². The average molecular weight is 326 g/mol. The van der Waals surface area contributed by atoms with Crippen LogP contribution < -0.4 is 10.2 Å². The zero-order valence-corrected chi connectivity index (χ0v) is 12.5. The lowest BCUT2D eigenvalue weighted by Gasteiger charge is -2.10. The molecule has 1 fully saturated rings. The molecule has 1 saturated heterocycles. The number of imide groups is 1. The molecule has 1 aliphatic heterocycles. The number of oxime groups is 1. The van der Waals surface area contributed by atoms with Crippen molar-refractivity contribution in [2.75, 3.05) is 0 Å². The van der Waals surface area contributed by atoms with Gasteiger partial charge in [-0.25, -0.2) is 4.79 Å². The molecule has 7 heteroatoms. The summed E-state index contributed by atoms with van der Waals surface area (Å²) in [6.45, 7) is 0. The summed E-state index contributed by atoms with van der Waals surface area (Å²) in [6, 6.07) is 15.3. The monoisotopic (exact) mass is 326 g/mol. The Bertz CT molecular complexity index is 789. The molecule has 2 N–H and O–H groups in total. The van der Waals surface area contributed by atoms with E-state index in [0.717, 1.165) is 5.56 Å². The van der Waals surface area contributed by atoms with Gasteiger partial charge in [0.15, 0.2) is 11.9 Å². The highest BCUT2D eigenvalue weighted by Crippen LogP contribution is 2.19. The molecule has 2 aromatic carbocycles. The second kappa shape index (κ2) is 6.82. The van der Waals surface area contributed by atoms with Crippen LogP contribution in [0.15, 0.2) is 59.8 Å². The van der Waals surface area contributed by atoms with Gasteiger partial charge in [-0.1, -0.05) is 41.6 Å². The number of carbonyl (C=O) groups is 2. The van der Waals surface area contributed by atoms with Crippen molar-refractivity contribution in [3.8, 4) is 11.5 Å². The van der Waals surface area contributed by atoms with E-state index in [0.29, 0.717) is 11.5 Å². The molecule has 1 unspecified atom stereocenters. The predicted molar refractivity (Wildman–Crippen MR) is 84.7 cm³/mol. The largest absolute Gasteiger partial charge is 0.508 e. The van der Waals surface area contributed by atoms with Crippen molar-refractivity contribution in [1.82, 2.24) is 5.32 Å². The molecule has 0 aromatic heterocycles. The molecule has 0 bridgehead atoms. The van der Waals surface area contributed by atoms with Crippen LogP contribution in [-0.2, 0) is 9.53 Å². The van der Waals surface area contributed by atoms with Crippen LogP contribution in [0, 0.1) is 0 Å². The third-order valence-electron chi connectivity index (χ3n) is 3.33. The number of nitrogens with one attached hydrogen (secondary N) is 1. The van der Waals surface area contributed by atoms with Crippen molar-refractivity contribution < 1.29 is 24.3 Å². The molecular weight excluding hydrogens is 312 g/mol. The molecule has 1 atom stereocenters. The molecule has 24 heavy (non-hydrogen) atoms. The number of cyclic esters (lactones) is 1. The third kappa shape index (κ3) is 3.70. The lowest BCUT2D eigenvalue weighted by atomic mass is 10.0. The van der Waals surface area contributed by atoms with Gasteiger partial charge in [-0.15, -0.1) is 0 Å². The Hall–Kier alpha value is -3.35. The minimum absolute atomic E-state index is 0.0491. The lowest BCUT2D eigenvalue weighted by Crippen LogP contribution is -2.26. The maximum absolute atomic E-state index is 11.7. The zero-order valence-electron chi connectivity index (χ0n) is 12.5. The number of ether oxygens (including phenoxy) is 1. The molecule has 2 aromatic rings. The maximum Gasteiger partial charge on any atom is 0.414 e. The number of aromatic hydroxyl groups is 1. The Morgan fingerprint density at radius 2 is 1.96 bits per heavy atom. The Balaban J connectivity index is 1.83. The summed E-state index contributed by atoms with van der Waals surface area (Å²) < 4.78 is 4.92. The summed E-state index contributed by atoms with van der Waals surface area (Å²) in [4.78, 5) is 28.2. The number of phenols is 1. The van der Waals surface area contributed by atoms with Crippen molar-refractivity contribution in [3.63, 3.8) is 0 Å². The topological polar surface area (TPSA) is 97.2 Å². The summed E-state index contributed by atoms with van der Waals surface area (Å²) in [7, 11) is 0. The first-order valence-corrected chi connectivity index (χ1v) is 7.21. The summed E-state index contributed by atoms with van der Waals surface area (Å²) in [5.41, 5.74) is 1.17. The first-order valence-electron chi connectivity index (χ1n) is 7.21. The second-order valence-electron chi connectivity index (χ2n) is 5.08. The number of rotatable bonds is 5. The Morgan fingerprint density at radius 3 is 2.62 bits per heavy atom. The normalized spacial score (nSPS) is 17.3. The van der Waals surface area contributed by atoms with Crippen LogP contribution in [0.25, 0.3) is 0 Å². The molecule has 2 amide bonds. The van der Waals surface area contributed by atoms with E-state index in [1.807, 2.05) is 18.2 Å². The van der Waals surface area contributed by atoms with E-state index in [1.54, 1.807) is 24.3 Å². The Morgan fingerprint density at radius 1 is 1.17 bits per heavy atom. The minimum atomic E-state index is -0.954. The molecule has 122 valence electrons. The van der Waals surface area contributed by atoms with Gasteiger partial charge in [0.1, 0.15) is 5.75 Å². The highest BCUT2D eigenvalue weighted by atomic mass is 16.6. The van der Waals surface area contributed by atoms with E-state index >= 15 is 0 Å². The van der Waals surface area contributed by atoms with Crippen LogP contribution in [-0.4, -0.2) is 28.9 Å². The maximum atomic E-state index is 11.7. The van der Waals surface area contributed by atoms with Crippen molar-refractivity contribution in [2.24, 2.45) is 5.16 Å². The number of nitrogens with zero attached hydrogens (tertiary/aromatic N) is 1. The van der Waals surface area contributed by atoms with Gasteiger partial charge in [0.25, 0.3) is 5.91 Å². The van der Waals surface area contributed by atoms with Crippen molar-refractivity contribution in [1.29, 1.82) is 0 Å². The molecule has 1 heterocycles. The van der Waals surface area contributed by atoms with Crippen molar-refractivity contribution in [2.45, 2.75) is 12.5 Å². The first kappa shape index (κ1) is 15.5. The van der Waals surface area contributed by atoms with Gasteiger partial charge >= 0.3 is 6.09 Å². The van der Waals surface area contributed by atoms with Gasteiger partial charge in [-0.3, -0.25) is 10.1 Å². The summed E-state index contributed by atoms with van der Waals surface area (Å²) in [5, 5.41) is 15.6. The summed E-state index contributed by atoms with van der Waals surface area (Å²) in [5.74, 6) is -0.120. The number of hydrogen-bond acceptors (Lipinski definition) is 6. The van der Waals surface area contributed by atoms with Gasteiger partial charge in [-0.05, 0) is 17.7 Å². The van der Waals surface area contributed by atoms with Gasteiger partial charge in [0, 0.05) is 12.5 Å². The lowest BCUT2D eigenvalue weighted by molar-refractivity contribution is -0.123. The number of phenolic OH excluding ortho intramolecular Hbond substituents is 1. The summed E-state index contributed by atoms with van der Waals surface area (Å²) in [6.07, 6.45) is -1.66. The van der Waals surface area contributed by atoms with Crippen LogP contribution in [0.1, 0.15) is 12.0 Å². The van der Waals surface area contributed by atoms with Gasteiger partial charge in [-0.2, -0.15) is 0 Å². The van der Waals surface area contributed by atoms with Crippen LogP contribution in [0.3, 0.4) is 0 Å². The van der Waals surface area contributed by atoms with Crippen LogP contribution in [0.4, 0.5) is 4.79 Å². The van der Waals surface area contributed by atoms with Crippen LogP contribution in [0.2, 0.25) is 0 Å². The van der Waals surface area contributed by atoms with Crippen molar-refractivity contribution >= 4 is 17.7 Å². The van der Waals surface area contributed by atoms with E-state index < -0.39 is 18.1 Å². The number of amides is 2. The number of benzene rings is 2. The van der Waals surface area contributed by atoms with Crippen LogP contribution in [0.5, 0.6) is 11.5 Å².